The number of benzene rings is 2. The van der Waals surface area contributed by atoms with Crippen LogP contribution in [0.4, 0.5) is 0 Å². The Labute approximate surface area is 200 Å². The SMILES string of the molecule is CC(C)C1=C2[C@@H](CC/C(=C/c3ccc(O)cc3Cl)c3ccccc3)OB(O)C[C@@H]2S(=O)(=O)C1. The molecule has 2 aromatic rings. The Morgan fingerprint density at radius 1 is 1.24 bits per heavy atom. The molecule has 2 atom stereocenters. The number of aromatic hydroxyl groups is 1. The molecule has 0 aliphatic carbocycles. The minimum absolute atomic E-state index is 0.0434. The van der Waals surface area contributed by atoms with Crippen molar-refractivity contribution in [2.45, 2.75) is 44.4 Å². The summed E-state index contributed by atoms with van der Waals surface area (Å²) < 4.78 is 31.5. The number of phenols is 1. The maximum absolute atomic E-state index is 12.8. The lowest BCUT2D eigenvalue weighted by molar-refractivity contribution is 0.170. The van der Waals surface area contributed by atoms with Crippen LogP contribution in [0.15, 0.2) is 59.7 Å². The Bertz CT molecular complexity index is 1190. The van der Waals surface area contributed by atoms with Crippen molar-refractivity contribution in [3.05, 3.63) is 75.8 Å². The monoisotopic (exact) mass is 486 g/mol. The second-order valence-electron chi connectivity index (χ2n) is 9.03. The number of phenolic OH excluding ortho intramolecular Hbond substituents is 1. The molecule has 1 saturated heterocycles. The first kappa shape index (κ1) is 24.1. The summed E-state index contributed by atoms with van der Waals surface area (Å²) in [5, 5.41) is 19.8. The van der Waals surface area contributed by atoms with Crippen LogP contribution >= 0.6 is 11.6 Å². The highest BCUT2D eigenvalue weighted by Gasteiger charge is 2.48. The van der Waals surface area contributed by atoms with Crippen LogP contribution in [0.25, 0.3) is 11.6 Å². The van der Waals surface area contributed by atoms with E-state index in [1.165, 1.54) is 6.07 Å². The summed E-state index contributed by atoms with van der Waals surface area (Å²) in [6.07, 6.45) is 2.74. The Balaban J connectivity index is 1.67. The molecular weight excluding hydrogens is 459 g/mol. The molecule has 5 nitrogen and oxygen atoms in total. The van der Waals surface area contributed by atoms with E-state index in [-0.39, 0.29) is 23.7 Å². The van der Waals surface area contributed by atoms with Crippen LogP contribution in [0, 0.1) is 5.92 Å². The van der Waals surface area contributed by atoms with E-state index >= 15 is 0 Å². The summed E-state index contributed by atoms with van der Waals surface area (Å²) in [6, 6.07) is 14.8. The molecular formula is C25H28BClO5S. The molecule has 1 fully saturated rings. The molecule has 0 saturated carbocycles. The lowest BCUT2D eigenvalue weighted by Crippen LogP contribution is -2.42. The molecule has 0 spiro atoms. The molecule has 0 radical (unpaired) electrons. The lowest BCUT2D eigenvalue weighted by atomic mass is 9.73. The van der Waals surface area contributed by atoms with Crippen LogP contribution in [0.1, 0.15) is 37.8 Å². The fourth-order valence-electron chi connectivity index (χ4n) is 4.77. The molecule has 0 aromatic heterocycles. The first-order valence-electron chi connectivity index (χ1n) is 11.2. The standard InChI is InChI=1S/C25H28BClO5S/c1-16(2)21-15-33(30,31)24-14-26(29)32-23(25(21)24)11-9-18(17-6-4-3-5-7-17)12-19-8-10-20(28)13-22(19)27/h3-8,10,12-13,16,23-24,28-29H,9,11,14-15H2,1-2H3/b18-12-/t23-,24+/m1/s1. The highest BCUT2D eigenvalue weighted by Crippen LogP contribution is 2.42. The summed E-state index contributed by atoms with van der Waals surface area (Å²) >= 11 is 6.35. The van der Waals surface area contributed by atoms with Gasteiger partial charge in [0.15, 0.2) is 9.84 Å². The molecule has 0 amide bonds. The number of hydrogen-bond donors (Lipinski definition) is 2. The van der Waals surface area contributed by atoms with Crippen LogP contribution in [-0.4, -0.2) is 42.8 Å². The van der Waals surface area contributed by atoms with Gasteiger partial charge in [0.05, 0.1) is 22.1 Å². The Kier molecular flexibility index (Phi) is 7.05. The van der Waals surface area contributed by atoms with Gasteiger partial charge in [0.2, 0.25) is 0 Å². The molecule has 4 rings (SSSR count). The van der Waals surface area contributed by atoms with E-state index in [1.807, 2.05) is 50.3 Å². The summed E-state index contributed by atoms with van der Waals surface area (Å²) in [6.45, 7) is 4.01. The maximum Gasteiger partial charge on any atom is 0.456 e. The van der Waals surface area contributed by atoms with Crippen molar-refractivity contribution >= 4 is 40.2 Å². The van der Waals surface area contributed by atoms with Crippen molar-refractivity contribution in [1.29, 1.82) is 0 Å². The predicted octanol–water partition coefficient (Wildman–Crippen LogP) is 5.00. The third kappa shape index (κ3) is 5.22. The Hall–Kier alpha value is -2.06. The van der Waals surface area contributed by atoms with Gasteiger partial charge >= 0.3 is 7.12 Å². The fraction of sp³-hybridized carbons (Fsp3) is 0.360. The van der Waals surface area contributed by atoms with Crippen molar-refractivity contribution in [3.8, 4) is 5.75 Å². The second kappa shape index (κ2) is 9.67. The van der Waals surface area contributed by atoms with Gasteiger partial charge in [-0.25, -0.2) is 8.42 Å². The average molecular weight is 487 g/mol. The van der Waals surface area contributed by atoms with Gasteiger partial charge in [0.1, 0.15) is 5.75 Å². The normalized spacial score (nSPS) is 22.7. The van der Waals surface area contributed by atoms with E-state index in [1.54, 1.807) is 12.1 Å². The Morgan fingerprint density at radius 3 is 2.64 bits per heavy atom. The molecule has 2 heterocycles. The third-order valence-electron chi connectivity index (χ3n) is 6.42. The summed E-state index contributed by atoms with van der Waals surface area (Å²) in [5.41, 5.74) is 4.57. The van der Waals surface area contributed by atoms with E-state index in [0.29, 0.717) is 17.9 Å². The van der Waals surface area contributed by atoms with E-state index in [4.69, 9.17) is 16.3 Å². The highest BCUT2D eigenvalue weighted by molar-refractivity contribution is 7.92. The van der Waals surface area contributed by atoms with Crippen LogP contribution in [-0.2, 0) is 14.5 Å². The highest BCUT2D eigenvalue weighted by atomic mass is 35.5. The molecule has 2 aliphatic rings. The summed E-state index contributed by atoms with van der Waals surface area (Å²) in [5.74, 6) is 0.243. The fourth-order valence-corrected chi connectivity index (χ4v) is 7.29. The van der Waals surface area contributed by atoms with Crippen LogP contribution < -0.4 is 0 Å². The van der Waals surface area contributed by atoms with Crippen molar-refractivity contribution in [1.82, 2.24) is 0 Å². The zero-order chi connectivity index (χ0) is 23.8. The summed E-state index contributed by atoms with van der Waals surface area (Å²) in [7, 11) is -4.42. The number of allylic oxidation sites excluding steroid dienone is 1. The van der Waals surface area contributed by atoms with Gasteiger partial charge in [0.25, 0.3) is 0 Å². The van der Waals surface area contributed by atoms with Crippen molar-refractivity contribution < 1.29 is 23.2 Å². The van der Waals surface area contributed by atoms with Crippen molar-refractivity contribution in [3.63, 3.8) is 0 Å². The number of halogens is 1. The topological polar surface area (TPSA) is 83.8 Å². The smallest absolute Gasteiger partial charge is 0.456 e. The molecule has 174 valence electrons. The van der Waals surface area contributed by atoms with Gasteiger partial charge in [-0.2, -0.15) is 0 Å². The predicted molar refractivity (Wildman–Crippen MR) is 134 cm³/mol. The van der Waals surface area contributed by atoms with Crippen LogP contribution in [0.5, 0.6) is 5.75 Å². The zero-order valence-electron chi connectivity index (χ0n) is 18.7. The average Bonchev–Trinajstić information content (AvgIpc) is 3.04. The summed E-state index contributed by atoms with van der Waals surface area (Å²) in [4.78, 5) is 0. The number of hydrogen-bond acceptors (Lipinski definition) is 5. The lowest BCUT2D eigenvalue weighted by Gasteiger charge is -2.32. The van der Waals surface area contributed by atoms with E-state index in [0.717, 1.165) is 27.8 Å². The zero-order valence-corrected chi connectivity index (χ0v) is 20.3. The molecule has 0 bridgehead atoms. The van der Waals surface area contributed by atoms with E-state index < -0.39 is 28.3 Å². The van der Waals surface area contributed by atoms with Gasteiger partial charge in [0, 0.05) is 6.32 Å². The van der Waals surface area contributed by atoms with Crippen LogP contribution in [0.3, 0.4) is 0 Å². The van der Waals surface area contributed by atoms with Gasteiger partial charge < -0.3 is 14.8 Å². The minimum atomic E-state index is -3.33. The number of rotatable bonds is 6. The van der Waals surface area contributed by atoms with Crippen molar-refractivity contribution in [2.75, 3.05) is 5.75 Å². The van der Waals surface area contributed by atoms with E-state index in [2.05, 4.69) is 0 Å². The largest absolute Gasteiger partial charge is 0.508 e. The molecule has 0 unspecified atom stereocenters. The molecule has 2 aliphatic heterocycles. The molecule has 2 aromatic carbocycles. The first-order valence-corrected chi connectivity index (χ1v) is 13.3. The van der Waals surface area contributed by atoms with Gasteiger partial charge in [-0.3, -0.25) is 0 Å². The van der Waals surface area contributed by atoms with Gasteiger partial charge in [-0.05, 0) is 70.9 Å². The van der Waals surface area contributed by atoms with Gasteiger partial charge in [-0.1, -0.05) is 55.8 Å². The van der Waals surface area contributed by atoms with E-state index in [9.17, 15) is 18.5 Å². The Morgan fingerprint density at radius 2 is 1.97 bits per heavy atom. The molecule has 8 heteroatoms. The first-order chi connectivity index (χ1) is 15.7. The quantitative estimate of drug-likeness (QED) is 0.341. The maximum atomic E-state index is 12.8. The number of sulfone groups is 1. The van der Waals surface area contributed by atoms with Crippen molar-refractivity contribution in [2.24, 2.45) is 5.92 Å². The minimum Gasteiger partial charge on any atom is -0.508 e. The number of fused-ring (bicyclic) bond motifs is 1. The van der Waals surface area contributed by atoms with Gasteiger partial charge in [-0.15, -0.1) is 0 Å². The third-order valence-corrected chi connectivity index (χ3v) is 8.78. The molecule has 33 heavy (non-hydrogen) atoms. The second-order valence-corrected chi connectivity index (χ2v) is 11.6. The van der Waals surface area contributed by atoms with Crippen LogP contribution in [0.2, 0.25) is 11.3 Å². The molecule has 2 N–H and O–H groups in total.